The minimum Gasteiger partial charge on any atom is -0.743 e. The van der Waals surface area contributed by atoms with Gasteiger partial charge in [-0.05, 0) is 6.42 Å². The molecule has 0 heterocycles. The van der Waals surface area contributed by atoms with E-state index in [1.807, 2.05) is 0 Å². The van der Waals surface area contributed by atoms with Gasteiger partial charge in [0.1, 0.15) is 0 Å². The van der Waals surface area contributed by atoms with E-state index in [-0.39, 0.29) is 29.6 Å². The second-order valence-corrected chi connectivity index (χ2v) is 6.36. The maximum atomic E-state index is 13.1. The van der Waals surface area contributed by atoms with Crippen molar-refractivity contribution in [3.8, 4) is 0 Å². The van der Waals surface area contributed by atoms with E-state index in [9.17, 15) is 74.4 Å². The van der Waals surface area contributed by atoms with Crippen LogP contribution in [0.1, 0.15) is 12.8 Å². The van der Waals surface area contributed by atoms with Crippen molar-refractivity contribution < 1.29 is 104 Å². The fourth-order valence-corrected chi connectivity index (χ4v) is 1.86. The summed E-state index contributed by atoms with van der Waals surface area (Å²) in [4.78, 5) is 0. The van der Waals surface area contributed by atoms with Crippen molar-refractivity contribution in [1.82, 2.24) is 0 Å². The molecular weight excluding hydrogens is 477 g/mol. The summed E-state index contributed by atoms with van der Waals surface area (Å²) in [6, 6.07) is 0. The minimum atomic E-state index is -8.09. The third-order valence-corrected chi connectivity index (χ3v) is 3.85. The maximum Gasteiger partial charge on any atom is 1.00 e. The average molecular weight is 482 g/mol. The van der Waals surface area contributed by atoms with Crippen LogP contribution in [0.5, 0.6) is 0 Å². The molecule has 0 saturated carbocycles. The van der Waals surface area contributed by atoms with Crippen molar-refractivity contribution in [2.24, 2.45) is 0 Å². The zero-order valence-electron chi connectivity index (χ0n) is 12.9. The Morgan fingerprint density at radius 2 is 1.07 bits per heavy atom. The zero-order chi connectivity index (χ0) is 22.5. The van der Waals surface area contributed by atoms with Gasteiger partial charge >= 0.3 is 64.7 Å². The van der Waals surface area contributed by atoms with Gasteiger partial charge in [-0.25, -0.2) is 12.8 Å². The van der Waals surface area contributed by atoms with Gasteiger partial charge in [-0.3, -0.25) is 0 Å². The third kappa shape index (κ3) is 4.97. The molecule has 0 rings (SSSR count). The number of halogens is 14. The standard InChI is InChI=1S/C9H6F14O3S.Na/c10-3(1-2-4(11,12)13)5(14,15)6(16,17)7(18,19)8(20,21)9(22,23)27(24,25)26;/h3H,1-2H2,(H,24,25,26);/q;+1/p-1. The van der Waals surface area contributed by atoms with E-state index in [0.29, 0.717) is 0 Å². The molecule has 0 radical (unpaired) electrons. The third-order valence-electron chi connectivity index (χ3n) is 2.96. The van der Waals surface area contributed by atoms with Crippen LogP contribution in [0, 0.1) is 0 Å². The van der Waals surface area contributed by atoms with E-state index >= 15 is 0 Å². The Kier molecular flexibility index (Phi) is 8.85. The largest absolute Gasteiger partial charge is 1.00 e. The predicted octanol–water partition coefficient (Wildman–Crippen LogP) is 1.35. The Balaban J connectivity index is 0. The fourth-order valence-electron chi connectivity index (χ4n) is 1.41. The van der Waals surface area contributed by atoms with Gasteiger partial charge in [-0.2, -0.15) is 57.1 Å². The van der Waals surface area contributed by atoms with Gasteiger partial charge in [0.05, 0.1) is 0 Å². The van der Waals surface area contributed by atoms with E-state index in [2.05, 4.69) is 0 Å². The summed E-state index contributed by atoms with van der Waals surface area (Å²) in [5.41, 5.74) is 0. The fraction of sp³-hybridized carbons (Fsp3) is 1.00. The summed E-state index contributed by atoms with van der Waals surface area (Å²) in [5, 5.41) is -7.57. The van der Waals surface area contributed by atoms with Crippen LogP contribution in [0.25, 0.3) is 0 Å². The van der Waals surface area contributed by atoms with Crippen molar-refractivity contribution in [2.75, 3.05) is 0 Å². The zero-order valence-corrected chi connectivity index (χ0v) is 15.7. The van der Waals surface area contributed by atoms with Gasteiger partial charge in [-0.15, -0.1) is 0 Å². The van der Waals surface area contributed by atoms with Crippen LogP contribution in [0.2, 0.25) is 0 Å². The van der Waals surface area contributed by atoms with Crippen LogP contribution >= 0.6 is 0 Å². The molecule has 0 aliphatic rings. The van der Waals surface area contributed by atoms with Crippen LogP contribution in [-0.4, -0.2) is 54.3 Å². The summed E-state index contributed by atoms with van der Waals surface area (Å²) >= 11 is 0. The molecule has 0 bridgehead atoms. The van der Waals surface area contributed by atoms with Gasteiger partial charge < -0.3 is 4.55 Å². The molecule has 0 N–H and O–H groups in total. The minimum absolute atomic E-state index is 0. The normalized spacial score (nSPS) is 16.5. The molecule has 28 heavy (non-hydrogen) atoms. The topological polar surface area (TPSA) is 57.2 Å². The van der Waals surface area contributed by atoms with Crippen molar-refractivity contribution in [3.63, 3.8) is 0 Å². The van der Waals surface area contributed by atoms with Crippen molar-refractivity contribution in [1.29, 1.82) is 0 Å². The van der Waals surface area contributed by atoms with E-state index in [0.717, 1.165) is 0 Å². The van der Waals surface area contributed by atoms with E-state index < -0.39 is 64.3 Å². The molecule has 3 nitrogen and oxygen atoms in total. The van der Waals surface area contributed by atoms with Crippen molar-refractivity contribution >= 4 is 10.1 Å². The monoisotopic (exact) mass is 482 g/mol. The summed E-state index contributed by atoms with van der Waals surface area (Å²) in [6.45, 7) is 0. The van der Waals surface area contributed by atoms with E-state index in [4.69, 9.17) is 0 Å². The van der Waals surface area contributed by atoms with Crippen molar-refractivity contribution in [3.05, 3.63) is 0 Å². The summed E-state index contributed by atoms with van der Waals surface area (Å²) in [7, 11) is -7.83. The second-order valence-electron chi connectivity index (χ2n) is 4.94. The number of alkyl halides is 14. The van der Waals surface area contributed by atoms with Crippen LogP contribution < -0.4 is 29.6 Å². The number of hydrogen-bond acceptors (Lipinski definition) is 3. The number of hydrogen-bond donors (Lipinski definition) is 0. The molecule has 0 aliphatic carbocycles. The molecule has 0 aromatic heterocycles. The Morgan fingerprint density at radius 1 is 0.714 bits per heavy atom. The Bertz CT molecular complexity index is 643. The van der Waals surface area contributed by atoms with E-state index in [1.165, 1.54) is 0 Å². The molecule has 1 atom stereocenters. The summed E-state index contributed by atoms with van der Waals surface area (Å²) < 4.78 is 208. The Labute approximate surface area is 168 Å². The Morgan fingerprint density at radius 3 is 1.36 bits per heavy atom. The van der Waals surface area contributed by atoms with Crippen molar-refractivity contribution in [2.45, 2.75) is 54.1 Å². The van der Waals surface area contributed by atoms with Gasteiger partial charge in [-0.1, -0.05) is 0 Å². The number of rotatable bonds is 8. The van der Waals surface area contributed by atoms with Gasteiger partial charge in [0.15, 0.2) is 16.3 Å². The van der Waals surface area contributed by atoms with Gasteiger partial charge in [0.25, 0.3) is 0 Å². The smallest absolute Gasteiger partial charge is 0.743 e. The Hall–Kier alpha value is -0.0700. The first kappa shape index (κ1) is 30.1. The molecule has 0 spiro atoms. The molecule has 0 aromatic rings. The molecule has 164 valence electrons. The molecule has 19 heteroatoms. The average Bonchev–Trinajstić information content (AvgIpc) is 2.41. The SMILES string of the molecule is O=S(=O)([O-])C(F)(F)C(F)(F)C(F)(F)C(F)(F)C(F)(F)C(F)CCC(F)(F)F.[Na+]. The first-order valence-corrected chi connectivity index (χ1v) is 7.34. The maximum absolute atomic E-state index is 13.1. The second kappa shape index (κ2) is 8.22. The van der Waals surface area contributed by atoms with Crippen LogP contribution in [-0.2, 0) is 10.1 Å². The van der Waals surface area contributed by atoms with Gasteiger partial charge in [0, 0.05) is 6.42 Å². The predicted molar refractivity (Wildman–Crippen MR) is 54.6 cm³/mol. The molecule has 0 fully saturated rings. The quantitative estimate of drug-likeness (QED) is 0.299. The molecule has 1 unspecified atom stereocenters. The van der Waals surface area contributed by atoms with Crippen LogP contribution in [0.4, 0.5) is 61.5 Å². The van der Waals surface area contributed by atoms with Crippen LogP contribution in [0.15, 0.2) is 0 Å². The van der Waals surface area contributed by atoms with Gasteiger partial charge in [0.2, 0.25) is 0 Å². The summed E-state index contributed by atoms with van der Waals surface area (Å²) in [5.74, 6) is -31.0. The van der Waals surface area contributed by atoms with E-state index in [1.54, 1.807) is 0 Å². The molecule has 0 saturated heterocycles. The molecular formula is C9H5F14NaO3S. The van der Waals surface area contributed by atoms with Crippen LogP contribution in [0.3, 0.4) is 0 Å². The molecule has 0 amide bonds. The first-order chi connectivity index (χ1) is 11.4. The first-order valence-electron chi connectivity index (χ1n) is 5.93. The molecule has 0 aliphatic heterocycles. The molecule has 0 aromatic carbocycles. The summed E-state index contributed by atoms with van der Waals surface area (Å²) in [6.07, 6.45) is -15.7.